The van der Waals surface area contributed by atoms with E-state index in [0.29, 0.717) is 18.7 Å². The predicted octanol–water partition coefficient (Wildman–Crippen LogP) is 2.95. The van der Waals surface area contributed by atoms with E-state index in [2.05, 4.69) is 10.6 Å². The fourth-order valence-electron chi connectivity index (χ4n) is 1.61. The van der Waals surface area contributed by atoms with Crippen LogP contribution in [0.2, 0.25) is 0 Å². The lowest BCUT2D eigenvalue weighted by molar-refractivity contribution is -0.123. The highest BCUT2D eigenvalue weighted by Gasteiger charge is 2.21. The van der Waals surface area contributed by atoms with Gasteiger partial charge in [0.15, 0.2) is 0 Å². The Morgan fingerprint density at radius 1 is 1.19 bits per heavy atom. The van der Waals surface area contributed by atoms with E-state index in [1.165, 1.54) is 0 Å². The molecule has 1 aromatic carbocycles. The van der Waals surface area contributed by atoms with Crippen LogP contribution in [0, 0.1) is 12.3 Å². The summed E-state index contributed by atoms with van der Waals surface area (Å²) in [4.78, 5) is 23.6. The Hall–Kier alpha value is -1.88. The van der Waals surface area contributed by atoms with Crippen molar-refractivity contribution in [1.82, 2.24) is 0 Å². The van der Waals surface area contributed by atoms with E-state index in [1.807, 2.05) is 33.8 Å². The first kappa shape index (κ1) is 17.2. The highest BCUT2D eigenvalue weighted by Crippen LogP contribution is 2.23. The van der Waals surface area contributed by atoms with Crippen LogP contribution in [-0.2, 0) is 14.3 Å². The number of amides is 2. The molecule has 0 aliphatic heterocycles. The second-order valence-corrected chi connectivity index (χ2v) is 6.02. The van der Waals surface area contributed by atoms with Gasteiger partial charge in [0.25, 0.3) is 0 Å². The summed E-state index contributed by atoms with van der Waals surface area (Å²) in [5.74, 6) is -0.134. The minimum absolute atomic E-state index is 0.0394. The number of hydrogen-bond donors (Lipinski definition) is 2. The van der Waals surface area contributed by atoms with Crippen molar-refractivity contribution >= 4 is 23.2 Å². The summed E-state index contributed by atoms with van der Waals surface area (Å²) in [6, 6.07) is 5.41. The molecule has 0 heterocycles. The molecule has 5 heteroatoms. The predicted molar refractivity (Wildman–Crippen MR) is 84.4 cm³/mol. The summed E-state index contributed by atoms with van der Waals surface area (Å²) in [5, 5.41) is 5.69. The Labute approximate surface area is 126 Å². The second kappa shape index (κ2) is 7.22. The van der Waals surface area contributed by atoms with Crippen LogP contribution in [0.5, 0.6) is 0 Å². The van der Waals surface area contributed by atoms with Crippen LogP contribution in [0.3, 0.4) is 0 Å². The van der Waals surface area contributed by atoms with Gasteiger partial charge in [-0.05, 0) is 30.7 Å². The molecule has 2 amide bonds. The molecule has 2 N–H and O–H groups in total. The fraction of sp³-hybridized carbons (Fsp3) is 0.500. The van der Waals surface area contributed by atoms with Crippen molar-refractivity contribution in [2.75, 3.05) is 24.4 Å². The number of rotatable bonds is 5. The molecule has 0 aliphatic rings. The molecule has 0 saturated heterocycles. The molecular weight excluding hydrogens is 268 g/mol. The molecule has 0 radical (unpaired) electrons. The maximum Gasteiger partial charge on any atom is 0.229 e. The van der Waals surface area contributed by atoms with E-state index in [1.54, 1.807) is 19.2 Å². The van der Waals surface area contributed by atoms with Crippen LogP contribution >= 0.6 is 0 Å². The van der Waals surface area contributed by atoms with Crippen molar-refractivity contribution in [1.29, 1.82) is 0 Å². The largest absolute Gasteiger partial charge is 0.384 e. The van der Waals surface area contributed by atoms with Crippen molar-refractivity contribution in [3.63, 3.8) is 0 Å². The van der Waals surface area contributed by atoms with Crippen LogP contribution < -0.4 is 10.6 Å². The van der Waals surface area contributed by atoms with Gasteiger partial charge in [-0.3, -0.25) is 9.59 Å². The number of ether oxygens (including phenoxy) is 1. The summed E-state index contributed by atoms with van der Waals surface area (Å²) in [6.45, 7) is 7.87. The van der Waals surface area contributed by atoms with Gasteiger partial charge in [0, 0.05) is 23.9 Å². The molecular formula is C16H24N2O3. The average molecular weight is 292 g/mol. The number of anilines is 2. The van der Waals surface area contributed by atoms with Gasteiger partial charge >= 0.3 is 0 Å². The van der Waals surface area contributed by atoms with Crippen LogP contribution in [0.25, 0.3) is 0 Å². The summed E-state index contributed by atoms with van der Waals surface area (Å²) in [5.41, 5.74) is 1.92. The first-order chi connectivity index (χ1) is 9.74. The van der Waals surface area contributed by atoms with Crippen molar-refractivity contribution in [3.8, 4) is 0 Å². The zero-order valence-corrected chi connectivity index (χ0v) is 13.4. The fourth-order valence-corrected chi connectivity index (χ4v) is 1.61. The van der Waals surface area contributed by atoms with Gasteiger partial charge in [0.2, 0.25) is 11.8 Å². The van der Waals surface area contributed by atoms with Crippen LogP contribution in [0.1, 0.15) is 32.8 Å². The van der Waals surface area contributed by atoms with Crippen LogP contribution in [0.4, 0.5) is 11.4 Å². The quantitative estimate of drug-likeness (QED) is 0.876. The third kappa shape index (κ3) is 5.55. The lowest BCUT2D eigenvalue weighted by Crippen LogP contribution is -2.27. The first-order valence-corrected chi connectivity index (χ1v) is 6.95. The summed E-state index contributed by atoms with van der Waals surface area (Å²) in [6.07, 6.45) is 0.318. The molecule has 21 heavy (non-hydrogen) atoms. The standard InChI is InChI=1S/C16H24N2O3/c1-11-10-12(17-14(19)8-9-21-5)6-7-13(11)18-15(20)16(2,3)4/h6-7,10H,8-9H2,1-5H3,(H,17,19)(H,18,20). The van der Waals surface area contributed by atoms with Crippen LogP contribution in [-0.4, -0.2) is 25.5 Å². The van der Waals surface area contributed by atoms with Crippen LogP contribution in [0.15, 0.2) is 18.2 Å². The van der Waals surface area contributed by atoms with Gasteiger partial charge in [-0.25, -0.2) is 0 Å². The summed E-state index contributed by atoms with van der Waals surface area (Å²) in [7, 11) is 1.56. The van der Waals surface area contributed by atoms with E-state index >= 15 is 0 Å². The number of aryl methyl sites for hydroxylation is 1. The number of carbonyl (C=O) groups is 2. The molecule has 0 fully saturated rings. The van der Waals surface area contributed by atoms with E-state index in [-0.39, 0.29) is 11.8 Å². The van der Waals surface area contributed by atoms with Gasteiger partial charge in [-0.15, -0.1) is 0 Å². The molecule has 116 valence electrons. The van der Waals surface area contributed by atoms with Crippen molar-refractivity contribution < 1.29 is 14.3 Å². The molecule has 0 unspecified atom stereocenters. The van der Waals surface area contributed by atoms with Gasteiger partial charge in [0.05, 0.1) is 13.0 Å². The SMILES string of the molecule is COCCC(=O)Nc1ccc(NC(=O)C(C)(C)C)c(C)c1. The van der Waals surface area contributed by atoms with E-state index in [0.717, 1.165) is 11.3 Å². The first-order valence-electron chi connectivity index (χ1n) is 6.95. The van der Waals surface area contributed by atoms with Gasteiger partial charge in [-0.2, -0.15) is 0 Å². The van der Waals surface area contributed by atoms with Crippen molar-refractivity contribution in [2.45, 2.75) is 34.1 Å². The lowest BCUT2D eigenvalue weighted by Gasteiger charge is -2.19. The number of hydrogen-bond acceptors (Lipinski definition) is 3. The zero-order chi connectivity index (χ0) is 16.0. The molecule has 0 aliphatic carbocycles. The molecule has 0 atom stereocenters. The minimum Gasteiger partial charge on any atom is -0.384 e. The Balaban J connectivity index is 2.72. The molecule has 1 rings (SSSR count). The van der Waals surface area contributed by atoms with Gasteiger partial charge in [-0.1, -0.05) is 20.8 Å². The lowest BCUT2D eigenvalue weighted by atomic mass is 9.95. The maximum absolute atomic E-state index is 12.0. The maximum atomic E-state index is 12.0. The number of carbonyl (C=O) groups excluding carboxylic acids is 2. The molecule has 1 aromatic rings. The number of methoxy groups -OCH3 is 1. The molecule has 0 spiro atoms. The average Bonchev–Trinajstić information content (AvgIpc) is 2.38. The Bertz CT molecular complexity index is 519. The molecule has 0 saturated carbocycles. The highest BCUT2D eigenvalue weighted by molar-refractivity contribution is 5.96. The van der Waals surface area contributed by atoms with Crippen molar-refractivity contribution in [3.05, 3.63) is 23.8 Å². The van der Waals surface area contributed by atoms with Gasteiger partial charge < -0.3 is 15.4 Å². The Morgan fingerprint density at radius 3 is 2.38 bits per heavy atom. The Kier molecular flexibility index (Phi) is 5.90. The van der Waals surface area contributed by atoms with E-state index in [9.17, 15) is 9.59 Å². The number of benzene rings is 1. The molecule has 5 nitrogen and oxygen atoms in total. The van der Waals surface area contributed by atoms with Crippen molar-refractivity contribution in [2.24, 2.45) is 5.41 Å². The van der Waals surface area contributed by atoms with E-state index < -0.39 is 5.41 Å². The third-order valence-corrected chi connectivity index (χ3v) is 2.97. The minimum atomic E-state index is -0.445. The Morgan fingerprint density at radius 2 is 1.86 bits per heavy atom. The molecule has 0 aromatic heterocycles. The summed E-state index contributed by atoms with van der Waals surface area (Å²) >= 11 is 0. The number of nitrogens with one attached hydrogen (secondary N) is 2. The third-order valence-electron chi connectivity index (χ3n) is 2.97. The second-order valence-electron chi connectivity index (χ2n) is 6.02. The smallest absolute Gasteiger partial charge is 0.229 e. The monoisotopic (exact) mass is 292 g/mol. The normalized spacial score (nSPS) is 11.1. The zero-order valence-electron chi connectivity index (χ0n) is 13.4. The highest BCUT2D eigenvalue weighted by atomic mass is 16.5. The summed E-state index contributed by atoms with van der Waals surface area (Å²) < 4.78 is 4.86. The van der Waals surface area contributed by atoms with Gasteiger partial charge in [0.1, 0.15) is 0 Å². The molecule has 0 bridgehead atoms. The topological polar surface area (TPSA) is 67.4 Å². The van der Waals surface area contributed by atoms with E-state index in [4.69, 9.17) is 4.74 Å².